The van der Waals surface area contributed by atoms with Gasteiger partial charge in [-0.3, -0.25) is 0 Å². The van der Waals surface area contributed by atoms with Crippen LogP contribution < -0.4 is 0 Å². The van der Waals surface area contributed by atoms with E-state index in [1.165, 1.54) is 27.0 Å². The van der Waals surface area contributed by atoms with Gasteiger partial charge >= 0.3 is 0 Å². The SMILES string of the molecule is OCc1c2c(c(CO)p1-c1ccccc1)CCC2. The molecule has 3 rings (SSSR count). The number of aliphatic hydroxyl groups is 2. The number of hydrogen-bond acceptors (Lipinski definition) is 2. The van der Waals surface area contributed by atoms with Gasteiger partial charge in [-0.1, -0.05) is 37.9 Å². The molecule has 0 unspecified atom stereocenters. The largest absolute Gasteiger partial charge is 0.391 e. The van der Waals surface area contributed by atoms with Gasteiger partial charge in [0.1, 0.15) is 0 Å². The molecular formula is C15H17O2P. The minimum absolute atomic E-state index is 0.128. The van der Waals surface area contributed by atoms with Crippen LogP contribution in [0.3, 0.4) is 0 Å². The van der Waals surface area contributed by atoms with Gasteiger partial charge in [-0.15, -0.1) is 0 Å². The third kappa shape index (κ3) is 1.73. The minimum atomic E-state index is -0.641. The van der Waals surface area contributed by atoms with Crippen LogP contribution >= 0.6 is 7.53 Å². The van der Waals surface area contributed by atoms with E-state index in [0.717, 1.165) is 19.3 Å². The molecule has 18 heavy (non-hydrogen) atoms. The second-order valence-electron chi connectivity index (χ2n) is 4.69. The molecule has 1 aromatic heterocycles. The average Bonchev–Trinajstić information content (AvgIpc) is 2.98. The van der Waals surface area contributed by atoms with Crippen molar-refractivity contribution in [3.8, 4) is 5.30 Å². The molecule has 2 aromatic rings. The number of aliphatic hydroxyl groups excluding tert-OH is 2. The zero-order valence-electron chi connectivity index (χ0n) is 10.3. The summed E-state index contributed by atoms with van der Waals surface area (Å²) in [6.45, 7) is 0.256. The third-order valence-corrected chi connectivity index (χ3v) is 6.49. The van der Waals surface area contributed by atoms with Gasteiger partial charge in [-0.2, -0.15) is 0 Å². The van der Waals surface area contributed by atoms with Gasteiger partial charge in [-0.05, 0) is 35.7 Å². The highest BCUT2D eigenvalue weighted by atomic mass is 31.1. The lowest BCUT2D eigenvalue weighted by Crippen LogP contribution is -1.85. The van der Waals surface area contributed by atoms with E-state index in [1.807, 2.05) is 18.2 Å². The lowest BCUT2D eigenvalue weighted by Gasteiger charge is -2.09. The van der Waals surface area contributed by atoms with Gasteiger partial charge in [0.05, 0.1) is 13.2 Å². The van der Waals surface area contributed by atoms with Crippen molar-refractivity contribution in [3.05, 3.63) is 52.0 Å². The van der Waals surface area contributed by atoms with Gasteiger partial charge in [-0.25, -0.2) is 0 Å². The van der Waals surface area contributed by atoms with E-state index >= 15 is 0 Å². The van der Waals surface area contributed by atoms with E-state index in [-0.39, 0.29) is 13.2 Å². The second-order valence-corrected chi connectivity index (χ2v) is 6.96. The molecule has 0 saturated heterocycles. The van der Waals surface area contributed by atoms with Crippen molar-refractivity contribution in [2.75, 3.05) is 0 Å². The molecule has 1 heterocycles. The monoisotopic (exact) mass is 260 g/mol. The molecule has 0 spiro atoms. The number of rotatable bonds is 3. The summed E-state index contributed by atoms with van der Waals surface area (Å²) in [5.74, 6) is 0. The van der Waals surface area contributed by atoms with Gasteiger partial charge < -0.3 is 10.2 Å². The fourth-order valence-corrected chi connectivity index (χ4v) is 5.77. The first-order chi connectivity index (χ1) is 8.86. The molecule has 94 valence electrons. The lowest BCUT2D eigenvalue weighted by molar-refractivity contribution is 0.284. The Bertz CT molecular complexity index is 528. The summed E-state index contributed by atoms with van der Waals surface area (Å²) in [6, 6.07) is 10.3. The van der Waals surface area contributed by atoms with Crippen LogP contribution in [0.2, 0.25) is 0 Å². The normalized spacial score (nSPS) is 13.9. The third-order valence-electron chi connectivity index (χ3n) is 3.77. The Kier molecular flexibility index (Phi) is 3.25. The highest BCUT2D eigenvalue weighted by molar-refractivity contribution is 7.58. The van der Waals surface area contributed by atoms with E-state index in [2.05, 4.69) is 12.1 Å². The molecule has 0 radical (unpaired) electrons. The van der Waals surface area contributed by atoms with Crippen molar-refractivity contribution < 1.29 is 10.2 Å². The van der Waals surface area contributed by atoms with E-state index < -0.39 is 7.53 Å². The molecule has 2 N–H and O–H groups in total. The first-order valence-corrected chi connectivity index (χ1v) is 7.72. The molecule has 1 aliphatic carbocycles. The highest BCUT2D eigenvalue weighted by Gasteiger charge is 2.26. The van der Waals surface area contributed by atoms with Crippen LogP contribution in [-0.2, 0) is 26.1 Å². The van der Waals surface area contributed by atoms with Crippen molar-refractivity contribution >= 4 is 7.53 Å². The topological polar surface area (TPSA) is 40.5 Å². The number of benzene rings is 1. The standard InChI is InChI=1S/C15H17O2P/c16-9-14-12-7-4-8-13(12)15(10-17)18(14)11-5-2-1-3-6-11/h1-3,5-6,16-17H,4,7-10H2. The predicted molar refractivity (Wildman–Crippen MR) is 74.4 cm³/mol. The smallest absolute Gasteiger partial charge is 0.0724 e. The van der Waals surface area contributed by atoms with Crippen LogP contribution in [0.5, 0.6) is 0 Å². The Morgan fingerprint density at radius 1 is 0.889 bits per heavy atom. The van der Waals surface area contributed by atoms with Crippen LogP contribution in [0.1, 0.15) is 28.1 Å². The molecule has 0 saturated carbocycles. The molecule has 2 nitrogen and oxygen atoms in total. The first-order valence-electron chi connectivity index (χ1n) is 6.38. The van der Waals surface area contributed by atoms with E-state index in [1.54, 1.807) is 0 Å². The van der Waals surface area contributed by atoms with Crippen LogP contribution in [0.4, 0.5) is 0 Å². The van der Waals surface area contributed by atoms with Crippen LogP contribution in [0, 0.1) is 0 Å². The van der Waals surface area contributed by atoms with Gasteiger partial charge in [0.25, 0.3) is 0 Å². The Morgan fingerprint density at radius 3 is 1.94 bits per heavy atom. The van der Waals surface area contributed by atoms with Crippen LogP contribution in [0.15, 0.2) is 30.3 Å². The van der Waals surface area contributed by atoms with Crippen LogP contribution in [0.25, 0.3) is 5.30 Å². The molecule has 1 aromatic carbocycles. The molecule has 0 atom stereocenters. The molecule has 0 aliphatic heterocycles. The quantitative estimate of drug-likeness (QED) is 0.890. The van der Waals surface area contributed by atoms with Crippen LogP contribution in [-0.4, -0.2) is 10.2 Å². The molecule has 1 aliphatic rings. The second kappa shape index (κ2) is 4.89. The first kappa shape index (κ1) is 12.0. The lowest BCUT2D eigenvalue weighted by atomic mass is 10.1. The number of fused-ring (bicyclic) bond motifs is 1. The van der Waals surface area contributed by atoms with E-state index in [4.69, 9.17) is 0 Å². The number of hydrogen-bond donors (Lipinski definition) is 2. The summed E-state index contributed by atoms with van der Waals surface area (Å²) in [5, 5.41) is 23.0. The van der Waals surface area contributed by atoms with E-state index in [9.17, 15) is 10.2 Å². The summed E-state index contributed by atoms with van der Waals surface area (Å²) < 4.78 is 0. The average molecular weight is 260 g/mol. The summed E-state index contributed by atoms with van der Waals surface area (Å²) in [4.78, 5) is 0. The molecular weight excluding hydrogens is 243 g/mol. The summed E-state index contributed by atoms with van der Waals surface area (Å²) >= 11 is 0. The van der Waals surface area contributed by atoms with E-state index in [0.29, 0.717) is 0 Å². The summed E-state index contributed by atoms with van der Waals surface area (Å²) in [7, 11) is -0.641. The maximum absolute atomic E-state index is 9.71. The molecule has 3 heteroatoms. The predicted octanol–water partition coefficient (Wildman–Crippen LogP) is 3.14. The van der Waals surface area contributed by atoms with Crippen molar-refractivity contribution in [3.63, 3.8) is 0 Å². The van der Waals surface area contributed by atoms with Crippen molar-refractivity contribution in [2.45, 2.75) is 32.5 Å². The van der Waals surface area contributed by atoms with Gasteiger partial charge in [0.2, 0.25) is 0 Å². The summed E-state index contributed by atoms with van der Waals surface area (Å²) in [6.07, 6.45) is 3.30. The Labute approximate surface area is 108 Å². The minimum Gasteiger partial charge on any atom is -0.391 e. The Morgan fingerprint density at radius 2 is 1.44 bits per heavy atom. The molecule has 0 amide bonds. The fraction of sp³-hybridized carbons (Fsp3) is 0.333. The van der Waals surface area contributed by atoms with Crippen molar-refractivity contribution in [2.24, 2.45) is 0 Å². The van der Waals surface area contributed by atoms with Crippen molar-refractivity contribution in [1.29, 1.82) is 0 Å². The Balaban J connectivity index is 2.25. The van der Waals surface area contributed by atoms with Crippen molar-refractivity contribution in [1.82, 2.24) is 0 Å². The zero-order chi connectivity index (χ0) is 12.5. The zero-order valence-corrected chi connectivity index (χ0v) is 11.2. The molecule has 0 fully saturated rings. The summed E-state index contributed by atoms with van der Waals surface area (Å²) in [5.41, 5.74) is 2.69. The fourth-order valence-electron chi connectivity index (χ4n) is 3.03. The Hall–Kier alpha value is -1.08. The van der Waals surface area contributed by atoms with Gasteiger partial charge in [0.15, 0.2) is 0 Å². The van der Waals surface area contributed by atoms with Gasteiger partial charge in [0, 0.05) is 10.6 Å². The highest BCUT2D eigenvalue weighted by Crippen LogP contribution is 2.54. The maximum atomic E-state index is 9.71. The maximum Gasteiger partial charge on any atom is 0.0724 e. The molecule has 0 bridgehead atoms.